The normalized spacial score (nSPS) is 15.3. The van der Waals surface area contributed by atoms with Gasteiger partial charge in [0.05, 0.1) is 12.2 Å². The zero-order valence-corrected chi connectivity index (χ0v) is 14.8. The van der Waals surface area contributed by atoms with Crippen LogP contribution in [-0.4, -0.2) is 40.7 Å². The molecule has 1 aromatic carbocycles. The molecule has 0 saturated heterocycles. The van der Waals surface area contributed by atoms with E-state index in [2.05, 4.69) is 30.0 Å². The van der Waals surface area contributed by atoms with Gasteiger partial charge >= 0.3 is 11.7 Å². The second-order valence-electron chi connectivity index (χ2n) is 6.55. The molecule has 4 aromatic rings. The molecule has 3 aromatic heterocycles. The molecule has 0 bridgehead atoms. The van der Waals surface area contributed by atoms with Gasteiger partial charge in [-0.1, -0.05) is 6.07 Å². The Kier molecular flexibility index (Phi) is 3.86. The predicted octanol–water partition coefficient (Wildman–Crippen LogP) is 0.388. The lowest BCUT2D eigenvalue weighted by Crippen LogP contribution is -2.23. The van der Waals surface area contributed by atoms with Crippen molar-refractivity contribution in [2.24, 2.45) is 4.99 Å². The molecular formula is C18H14FN7O3. The van der Waals surface area contributed by atoms with E-state index >= 15 is 0 Å². The molecule has 1 fully saturated rings. The standard InChI is InChI=1S/C18H14FN7O3/c19-10-2-1-3-12(7-10)29-18-23-14-9(6-13-15(27)24-17(28)22-13)8-20-26(14)16(25-18)21-11-4-5-11/h1-3,6-8,11,27H,4-5H2,(H2,22,24,28)/b9-6+,21-16?. The molecule has 1 aliphatic carbocycles. The molecule has 11 heteroatoms. The molecule has 0 aliphatic heterocycles. The van der Waals surface area contributed by atoms with Crippen molar-refractivity contribution in [3.8, 4) is 17.6 Å². The lowest BCUT2D eigenvalue weighted by Gasteiger charge is -2.04. The first-order chi connectivity index (χ1) is 14.0. The molecule has 10 nitrogen and oxygen atoms in total. The number of halogens is 1. The van der Waals surface area contributed by atoms with Gasteiger partial charge in [0.1, 0.15) is 17.3 Å². The van der Waals surface area contributed by atoms with Gasteiger partial charge < -0.3 is 14.8 Å². The fourth-order valence-corrected chi connectivity index (χ4v) is 2.74. The SMILES string of the molecule is O=c1[nH]c(O)c(/C=c2\cnn3c(=NC4CC4)nc(Oc4cccc(F)c4)nc23)[nH]1. The number of fused-ring (bicyclic) bond motifs is 1. The van der Waals surface area contributed by atoms with Gasteiger partial charge in [0.2, 0.25) is 5.88 Å². The van der Waals surface area contributed by atoms with Crippen LogP contribution in [0.15, 0.2) is 40.2 Å². The first-order valence-electron chi connectivity index (χ1n) is 8.81. The average molecular weight is 395 g/mol. The molecule has 29 heavy (non-hydrogen) atoms. The monoisotopic (exact) mass is 395 g/mol. The van der Waals surface area contributed by atoms with Gasteiger partial charge in [0.15, 0.2) is 5.65 Å². The minimum Gasteiger partial charge on any atom is -0.493 e. The van der Waals surface area contributed by atoms with Crippen LogP contribution in [-0.2, 0) is 0 Å². The molecule has 0 unspecified atom stereocenters. The number of H-pyrrole nitrogens is 2. The van der Waals surface area contributed by atoms with E-state index in [0.29, 0.717) is 16.5 Å². The number of aromatic amines is 2. The van der Waals surface area contributed by atoms with E-state index in [0.717, 1.165) is 12.8 Å². The van der Waals surface area contributed by atoms with Gasteiger partial charge in [-0.2, -0.15) is 19.6 Å². The summed E-state index contributed by atoms with van der Waals surface area (Å²) in [6.07, 6.45) is 4.94. The number of rotatable bonds is 4. The van der Waals surface area contributed by atoms with Gasteiger partial charge in [0, 0.05) is 11.3 Å². The number of benzene rings is 1. The lowest BCUT2D eigenvalue weighted by atomic mass is 10.3. The van der Waals surface area contributed by atoms with Crippen LogP contribution in [0.2, 0.25) is 0 Å². The summed E-state index contributed by atoms with van der Waals surface area (Å²) in [5.74, 6) is -0.511. The van der Waals surface area contributed by atoms with Crippen molar-refractivity contribution in [3.05, 3.63) is 63.3 Å². The van der Waals surface area contributed by atoms with Crippen molar-refractivity contribution in [2.75, 3.05) is 0 Å². The highest BCUT2D eigenvalue weighted by Gasteiger charge is 2.21. The quantitative estimate of drug-likeness (QED) is 0.458. The number of hydrogen-bond acceptors (Lipinski definition) is 7. The number of imidazole rings is 1. The van der Waals surface area contributed by atoms with Crippen molar-refractivity contribution in [3.63, 3.8) is 0 Å². The zero-order valence-electron chi connectivity index (χ0n) is 14.8. The Hall–Kier alpha value is -4.02. The van der Waals surface area contributed by atoms with Crippen molar-refractivity contribution in [1.29, 1.82) is 0 Å². The summed E-state index contributed by atoms with van der Waals surface area (Å²) in [5.41, 5.74) is 0.291. The third kappa shape index (κ3) is 3.45. The Bertz CT molecular complexity index is 1400. The smallest absolute Gasteiger partial charge is 0.327 e. The molecule has 3 N–H and O–H groups in total. The van der Waals surface area contributed by atoms with E-state index in [4.69, 9.17) is 4.74 Å². The van der Waals surface area contributed by atoms with Gasteiger partial charge in [0.25, 0.3) is 5.62 Å². The van der Waals surface area contributed by atoms with Crippen molar-refractivity contribution < 1.29 is 14.2 Å². The van der Waals surface area contributed by atoms with Crippen LogP contribution < -0.4 is 21.3 Å². The Morgan fingerprint density at radius 2 is 2.17 bits per heavy atom. The maximum atomic E-state index is 13.5. The largest absolute Gasteiger partial charge is 0.493 e. The Morgan fingerprint density at radius 3 is 2.90 bits per heavy atom. The highest BCUT2D eigenvalue weighted by atomic mass is 19.1. The van der Waals surface area contributed by atoms with E-state index in [1.807, 2.05) is 0 Å². The topological polar surface area (TPSA) is 134 Å². The van der Waals surface area contributed by atoms with Crippen LogP contribution in [0.5, 0.6) is 17.6 Å². The van der Waals surface area contributed by atoms with Crippen molar-refractivity contribution in [1.82, 2.24) is 29.5 Å². The molecule has 1 saturated carbocycles. The molecule has 0 atom stereocenters. The molecule has 0 radical (unpaired) electrons. The van der Waals surface area contributed by atoms with Gasteiger partial charge in [-0.25, -0.2) is 14.2 Å². The zero-order chi connectivity index (χ0) is 20.0. The second-order valence-corrected chi connectivity index (χ2v) is 6.55. The number of ether oxygens (including phenoxy) is 1. The van der Waals surface area contributed by atoms with Crippen molar-refractivity contribution in [2.45, 2.75) is 18.9 Å². The Morgan fingerprint density at radius 1 is 1.31 bits per heavy atom. The van der Waals surface area contributed by atoms with Crippen LogP contribution in [0.25, 0.3) is 11.7 Å². The molecule has 0 amide bonds. The fraction of sp³-hybridized carbons (Fsp3) is 0.167. The number of aromatic nitrogens is 6. The maximum absolute atomic E-state index is 13.5. The van der Waals surface area contributed by atoms with Crippen LogP contribution in [0.3, 0.4) is 0 Å². The van der Waals surface area contributed by atoms with E-state index < -0.39 is 11.5 Å². The summed E-state index contributed by atoms with van der Waals surface area (Å²) in [6, 6.07) is 5.76. The number of hydrogen-bond donors (Lipinski definition) is 3. The molecular weight excluding hydrogens is 381 g/mol. The van der Waals surface area contributed by atoms with E-state index in [9.17, 15) is 14.3 Å². The van der Waals surface area contributed by atoms with Crippen LogP contribution in [0.4, 0.5) is 4.39 Å². The summed E-state index contributed by atoms with van der Waals surface area (Å²) in [4.78, 5) is 29.3. The second kappa shape index (κ2) is 6.55. The van der Waals surface area contributed by atoms with E-state index in [-0.39, 0.29) is 29.4 Å². The number of aromatic hydroxyl groups is 1. The number of nitrogens with one attached hydrogen (secondary N) is 2. The maximum Gasteiger partial charge on any atom is 0.327 e. The molecule has 1 aliphatic rings. The van der Waals surface area contributed by atoms with Gasteiger partial charge in [-0.15, -0.1) is 0 Å². The third-order valence-corrected chi connectivity index (χ3v) is 4.24. The first-order valence-corrected chi connectivity index (χ1v) is 8.81. The van der Waals surface area contributed by atoms with Crippen LogP contribution in [0, 0.1) is 5.82 Å². The summed E-state index contributed by atoms with van der Waals surface area (Å²) in [6.45, 7) is 0. The fourth-order valence-electron chi connectivity index (χ4n) is 2.74. The molecule has 5 rings (SSSR count). The summed E-state index contributed by atoms with van der Waals surface area (Å²) in [5, 5.41) is 14.6. The van der Waals surface area contributed by atoms with Gasteiger partial charge in [-0.3, -0.25) is 4.98 Å². The minimum atomic E-state index is -0.542. The predicted molar refractivity (Wildman–Crippen MR) is 97.7 cm³/mol. The third-order valence-electron chi connectivity index (χ3n) is 4.24. The summed E-state index contributed by atoms with van der Waals surface area (Å²) < 4.78 is 20.5. The average Bonchev–Trinajstić information content (AvgIpc) is 3.31. The lowest BCUT2D eigenvalue weighted by molar-refractivity contribution is 0.432. The summed E-state index contributed by atoms with van der Waals surface area (Å²) >= 11 is 0. The Labute approximate surface area is 161 Å². The van der Waals surface area contributed by atoms with Crippen LogP contribution >= 0.6 is 0 Å². The van der Waals surface area contributed by atoms with E-state index in [1.54, 1.807) is 6.07 Å². The highest BCUT2D eigenvalue weighted by molar-refractivity contribution is 5.56. The first kappa shape index (κ1) is 17.1. The van der Waals surface area contributed by atoms with E-state index in [1.165, 1.54) is 35.0 Å². The molecule has 0 spiro atoms. The number of nitrogens with zero attached hydrogens (tertiary/aromatic N) is 5. The Balaban J connectivity index is 1.68. The highest BCUT2D eigenvalue weighted by Crippen LogP contribution is 2.22. The molecule has 146 valence electrons. The minimum absolute atomic E-state index is 0.0237. The molecule has 3 heterocycles. The van der Waals surface area contributed by atoms with Crippen LogP contribution in [0.1, 0.15) is 18.5 Å². The summed E-state index contributed by atoms with van der Waals surface area (Å²) in [7, 11) is 0. The van der Waals surface area contributed by atoms with Gasteiger partial charge in [-0.05, 0) is 31.1 Å². The van der Waals surface area contributed by atoms with Crippen molar-refractivity contribution >= 4 is 11.7 Å².